The molecule has 0 radical (unpaired) electrons. The highest BCUT2D eigenvalue weighted by molar-refractivity contribution is 5.98. The lowest BCUT2D eigenvalue weighted by atomic mass is 9.96. The van der Waals surface area contributed by atoms with E-state index >= 15 is 0 Å². The van der Waals surface area contributed by atoms with Gasteiger partial charge in [-0.2, -0.15) is 5.10 Å². The molecule has 0 aliphatic carbocycles. The third-order valence-electron chi connectivity index (χ3n) is 4.32. The van der Waals surface area contributed by atoms with Crippen LogP contribution < -0.4 is 5.73 Å². The Kier molecular flexibility index (Phi) is 2.99. The van der Waals surface area contributed by atoms with Crippen LogP contribution in [-0.2, 0) is 0 Å². The van der Waals surface area contributed by atoms with E-state index in [0.29, 0.717) is 5.95 Å². The monoisotopic (exact) mass is 322 g/mol. The summed E-state index contributed by atoms with van der Waals surface area (Å²) < 4.78 is 5.33. The molecule has 0 spiro atoms. The molecule has 0 fully saturated rings. The van der Waals surface area contributed by atoms with E-state index in [1.165, 1.54) is 0 Å². The molecule has 0 bridgehead atoms. The summed E-state index contributed by atoms with van der Waals surface area (Å²) in [6.07, 6.45) is 0. The van der Waals surface area contributed by atoms with E-state index in [1.54, 1.807) is 0 Å². The first-order valence-electron chi connectivity index (χ1n) is 7.70. The highest BCUT2D eigenvalue weighted by Gasteiger charge is 2.19. The van der Waals surface area contributed by atoms with Crippen LogP contribution in [-0.4, -0.2) is 25.3 Å². The number of hydrogen-bond donors (Lipinski definition) is 3. The van der Waals surface area contributed by atoms with Gasteiger partial charge >= 0.3 is 0 Å². The van der Waals surface area contributed by atoms with Crippen molar-refractivity contribution in [2.24, 2.45) is 0 Å². The molecule has 122 valence electrons. The number of anilines is 1. The van der Waals surface area contributed by atoms with E-state index in [0.717, 1.165) is 56.1 Å². The van der Waals surface area contributed by atoms with E-state index in [2.05, 4.69) is 31.4 Å². The molecule has 1 aromatic carbocycles. The fourth-order valence-electron chi connectivity index (χ4n) is 3.31. The summed E-state index contributed by atoms with van der Waals surface area (Å²) in [4.78, 5) is 7.59. The minimum absolute atomic E-state index is 0.390. The Labute approximate surface area is 138 Å². The molecule has 24 heavy (non-hydrogen) atoms. The van der Waals surface area contributed by atoms with Gasteiger partial charge in [0.15, 0.2) is 5.95 Å². The van der Waals surface area contributed by atoms with E-state index in [-0.39, 0.29) is 0 Å². The van der Waals surface area contributed by atoms with Crippen LogP contribution in [0.1, 0.15) is 22.8 Å². The van der Waals surface area contributed by atoms with Gasteiger partial charge in [0.25, 0.3) is 0 Å². The molecule has 0 unspecified atom stereocenters. The van der Waals surface area contributed by atoms with Crippen LogP contribution in [0.15, 0.2) is 16.7 Å². The zero-order valence-electron chi connectivity index (χ0n) is 14.0. The normalized spacial score (nSPS) is 11.5. The van der Waals surface area contributed by atoms with Gasteiger partial charge in [0.05, 0.1) is 22.4 Å². The zero-order valence-corrected chi connectivity index (χ0v) is 14.0. The lowest BCUT2D eigenvalue weighted by molar-refractivity contribution is 0.393. The summed E-state index contributed by atoms with van der Waals surface area (Å²) in [5.74, 6) is 1.17. The van der Waals surface area contributed by atoms with Crippen LogP contribution in [0.3, 0.4) is 0 Å². The van der Waals surface area contributed by atoms with Crippen molar-refractivity contribution < 1.29 is 4.52 Å². The summed E-state index contributed by atoms with van der Waals surface area (Å²) in [6.45, 7) is 7.82. The molecule has 0 atom stereocenters. The molecule has 3 aromatic heterocycles. The number of nitrogen functional groups attached to an aromatic ring is 1. The summed E-state index contributed by atoms with van der Waals surface area (Å²) in [5, 5.41) is 11.4. The van der Waals surface area contributed by atoms with Crippen LogP contribution in [0.4, 0.5) is 5.95 Å². The lowest BCUT2D eigenvalue weighted by Gasteiger charge is -2.07. The Morgan fingerprint density at radius 3 is 2.46 bits per heavy atom. The Morgan fingerprint density at radius 1 is 1.04 bits per heavy atom. The topological polar surface area (TPSA) is 109 Å². The third-order valence-corrected chi connectivity index (χ3v) is 4.32. The van der Waals surface area contributed by atoms with Gasteiger partial charge in [0, 0.05) is 22.4 Å². The summed E-state index contributed by atoms with van der Waals surface area (Å²) in [5.41, 5.74) is 14.4. The van der Waals surface area contributed by atoms with Gasteiger partial charge in [0.2, 0.25) is 0 Å². The maximum absolute atomic E-state index is 5.90. The molecule has 7 heteroatoms. The molecule has 0 saturated carbocycles. The van der Waals surface area contributed by atoms with Crippen molar-refractivity contribution in [1.82, 2.24) is 25.3 Å². The molecule has 4 N–H and O–H groups in total. The average Bonchev–Trinajstić information content (AvgIpc) is 3.16. The van der Waals surface area contributed by atoms with Gasteiger partial charge in [-0.25, -0.2) is 4.98 Å². The molecule has 3 heterocycles. The van der Waals surface area contributed by atoms with Gasteiger partial charge in [-0.3, -0.25) is 5.10 Å². The molecule has 0 amide bonds. The highest BCUT2D eigenvalue weighted by Crippen LogP contribution is 2.37. The smallest absolute Gasteiger partial charge is 0.198 e. The second-order valence-electron chi connectivity index (χ2n) is 6.05. The number of nitrogens with zero attached hydrogens (tertiary/aromatic N) is 3. The highest BCUT2D eigenvalue weighted by atomic mass is 16.5. The van der Waals surface area contributed by atoms with Crippen LogP contribution >= 0.6 is 0 Å². The van der Waals surface area contributed by atoms with Crippen molar-refractivity contribution in [3.63, 3.8) is 0 Å². The Balaban J connectivity index is 2.09. The van der Waals surface area contributed by atoms with E-state index in [9.17, 15) is 0 Å². The number of nitrogens with one attached hydrogen (secondary N) is 2. The average molecular weight is 322 g/mol. The Morgan fingerprint density at radius 2 is 1.83 bits per heavy atom. The Bertz CT molecular complexity index is 1030. The first kappa shape index (κ1) is 14.5. The fourth-order valence-corrected chi connectivity index (χ4v) is 3.31. The van der Waals surface area contributed by atoms with Crippen molar-refractivity contribution in [2.75, 3.05) is 5.73 Å². The van der Waals surface area contributed by atoms with Crippen LogP contribution in [0.25, 0.3) is 33.3 Å². The number of fused-ring (bicyclic) bond motifs is 1. The van der Waals surface area contributed by atoms with E-state index in [4.69, 9.17) is 10.3 Å². The summed E-state index contributed by atoms with van der Waals surface area (Å²) in [6, 6.07) is 4.12. The van der Waals surface area contributed by atoms with Crippen molar-refractivity contribution in [2.45, 2.75) is 27.7 Å². The predicted octanol–water partition coefficient (Wildman–Crippen LogP) is 3.42. The number of rotatable bonds is 2. The minimum atomic E-state index is 0.390. The molecular weight excluding hydrogens is 304 g/mol. The molecule has 4 rings (SSSR count). The molecule has 0 aliphatic rings. The second-order valence-corrected chi connectivity index (χ2v) is 6.05. The Hall–Kier alpha value is -3.09. The molecular formula is C17H18N6O. The maximum atomic E-state index is 5.90. The fraction of sp³-hybridized carbons (Fsp3) is 0.235. The number of aromatic amines is 2. The number of imidazole rings is 1. The predicted molar refractivity (Wildman–Crippen MR) is 92.5 cm³/mol. The summed E-state index contributed by atoms with van der Waals surface area (Å²) in [7, 11) is 0. The number of aryl methyl sites for hydroxylation is 4. The van der Waals surface area contributed by atoms with Gasteiger partial charge < -0.3 is 15.2 Å². The number of H-pyrrole nitrogens is 2. The quantitative estimate of drug-likeness (QED) is 0.524. The van der Waals surface area contributed by atoms with Gasteiger partial charge in [-0.15, -0.1) is 0 Å². The summed E-state index contributed by atoms with van der Waals surface area (Å²) >= 11 is 0. The second kappa shape index (κ2) is 4.95. The first-order chi connectivity index (χ1) is 11.5. The van der Waals surface area contributed by atoms with Crippen molar-refractivity contribution >= 4 is 17.0 Å². The molecule has 0 saturated heterocycles. The first-order valence-corrected chi connectivity index (χ1v) is 7.70. The number of hydrogen-bond acceptors (Lipinski definition) is 5. The third kappa shape index (κ3) is 2.01. The number of aromatic nitrogens is 5. The van der Waals surface area contributed by atoms with Gasteiger partial charge in [0.1, 0.15) is 5.76 Å². The molecule has 0 aliphatic heterocycles. The number of benzene rings is 1. The van der Waals surface area contributed by atoms with E-state index < -0.39 is 0 Å². The minimum Gasteiger partial charge on any atom is -0.369 e. The van der Waals surface area contributed by atoms with E-state index in [1.807, 2.05) is 33.8 Å². The van der Waals surface area contributed by atoms with Crippen molar-refractivity contribution in [3.8, 4) is 22.3 Å². The van der Waals surface area contributed by atoms with Crippen LogP contribution in [0, 0.1) is 27.7 Å². The van der Waals surface area contributed by atoms with Gasteiger partial charge in [-0.05, 0) is 45.4 Å². The largest absolute Gasteiger partial charge is 0.369 e. The standard InChI is InChI=1S/C17H18N6O/c1-7-14(8(2)22-21-7)12-5-11(15-9(3)23-24-10(15)4)6-13-16(12)20-17(18)19-13/h5-6H,1-4H3,(H,21,22)(H3,18,19,20). The number of nitrogens with two attached hydrogens (primary N) is 1. The van der Waals surface area contributed by atoms with Gasteiger partial charge in [-0.1, -0.05) is 5.16 Å². The van der Waals surface area contributed by atoms with Crippen molar-refractivity contribution in [3.05, 3.63) is 35.0 Å². The maximum Gasteiger partial charge on any atom is 0.198 e. The zero-order chi connectivity index (χ0) is 17.0. The molecule has 7 nitrogen and oxygen atoms in total. The van der Waals surface area contributed by atoms with Crippen LogP contribution in [0.5, 0.6) is 0 Å². The van der Waals surface area contributed by atoms with Crippen LogP contribution in [0.2, 0.25) is 0 Å². The SMILES string of the molecule is Cc1n[nH]c(C)c1-c1cc(-c2c(C)noc2C)cc2[nH]c(N)nc12. The van der Waals surface area contributed by atoms with Crippen molar-refractivity contribution in [1.29, 1.82) is 0 Å². The lowest BCUT2D eigenvalue weighted by Crippen LogP contribution is -1.89. The molecule has 4 aromatic rings.